The lowest BCUT2D eigenvalue weighted by molar-refractivity contribution is -0.152. The molecule has 0 radical (unpaired) electrons. The average molecular weight is 501 g/mol. The Labute approximate surface area is 204 Å². The summed E-state index contributed by atoms with van der Waals surface area (Å²) < 4.78 is 46.0. The summed E-state index contributed by atoms with van der Waals surface area (Å²) in [6.45, 7) is 4.73. The van der Waals surface area contributed by atoms with Crippen LogP contribution in [0.25, 0.3) is 10.9 Å². The number of hydrogen-bond donors (Lipinski definition) is 2. The SMILES string of the molecule is Cc1cc(SC(c2cccc(C(F)(F)F)c2)c2ccc3cn[nH]c3c2)ccc1OC(C)(C)C(=O)O. The van der Waals surface area contributed by atoms with Gasteiger partial charge in [0.05, 0.1) is 22.5 Å². The van der Waals surface area contributed by atoms with Crippen LogP contribution in [0, 0.1) is 6.92 Å². The number of carboxylic acids is 1. The summed E-state index contributed by atoms with van der Waals surface area (Å²) in [6, 6.07) is 16.3. The fourth-order valence-electron chi connectivity index (χ4n) is 3.59. The highest BCUT2D eigenvalue weighted by molar-refractivity contribution is 7.99. The predicted octanol–water partition coefficient (Wildman–Crippen LogP) is 7.01. The Hall–Kier alpha value is -3.46. The highest BCUT2D eigenvalue weighted by atomic mass is 32.2. The third-order valence-electron chi connectivity index (χ3n) is 5.57. The number of rotatable bonds is 7. The Morgan fingerprint density at radius 2 is 1.80 bits per heavy atom. The molecule has 0 saturated carbocycles. The van der Waals surface area contributed by atoms with E-state index in [-0.39, 0.29) is 0 Å². The van der Waals surface area contributed by atoms with E-state index in [1.807, 2.05) is 24.3 Å². The normalized spacial score (nSPS) is 13.1. The van der Waals surface area contributed by atoms with Crippen LogP contribution in [0.5, 0.6) is 5.75 Å². The number of H-pyrrole nitrogens is 1. The molecule has 0 aliphatic heterocycles. The van der Waals surface area contributed by atoms with Crippen molar-refractivity contribution in [1.82, 2.24) is 10.2 Å². The lowest BCUT2D eigenvalue weighted by Gasteiger charge is -2.23. The molecule has 0 spiro atoms. The fraction of sp³-hybridized carbons (Fsp3) is 0.231. The van der Waals surface area contributed by atoms with E-state index in [1.54, 1.807) is 31.3 Å². The third kappa shape index (κ3) is 5.45. The number of benzene rings is 3. The zero-order valence-corrected chi connectivity index (χ0v) is 20.0. The molecule has 4 rings (SSSR count). The van der Waals surface area contributed by atoms with Gasteiger partial charge in [0.25, 0.3) is 0 Å². The van der Waals surface area contributed by atoms with Crippen molar-refractivity contribution in [3.05, 3.63) is 89.1 Å². The zero-order chi connectivity index (χ0) is 25.4. The van der Waals surface area contributed by atoms with Crippen LogP contribution in [0.2, 0.25) is 0 Å². The molecule has 1 aromatic heterocycles. The maximum absolute atomic E-state index is 13.4. The Morgan fingerprint density at radius 3 is 2.49 bits per heavy atom. The number of halogens is 3. The van der Waals surface area contributed by atoms with Gasteiger partial charge in [0.1, 0.15) is 5.75 Å². The number of alkyl halides is 3. The van der Waals surface area contributed by atoms with Gasteiger partial charge in [0.15, 0.2) is 5.60 Å². The van der Waals surface area contributed by atoms with Crippen LogP contribution in [-0.4, -0.2) is 26.9 Å². The zero-order valence-electron chi connectivity index (χ0n) is 19.2. The highest BCUT2D eigenvalue weighted by Crippen LogP contribution is 2.43. The smallest absolute Gasteiger partial charge is 0.416 e. The van der Waals surface area contributed by atoms with Crippen molar-refractivity contribution in [2.24, 2.45) is 0 Å². The van der Waals surface area contributed by atoms with E-state index < -0.39 is 28.6 Å². The van der Waals surface area contributed by atoms with Gasteiger partial charge in [-0.15, -0.1) is 11.8 Å². The number of aromatic nitrogens is 2. The van der Waals surface area contributed by atoms with Crippen LogP contribution in [0.15, 0.2) is 71.8 Å². The number of nitrogens with one attached hydrogen (secondary N) is 1. The minimum atomic E-state index is -4.45. The second kappa shape index (κ2) is 9.30. The molecule has 1 atom stereocenters. The number of aliphatic carboxylic acids is 1. The van der Waals surface area contributed by atoms with Gasteiger partial charge >= 0.3 is 12.1 Å². The maximum Gasteiger partial charge on any atom is 0.416 e. The first kappa shape index (κ1) is 24.7. The number of aromatic amines is 1. The van der Waals surface area contributed by atoms with Crippen LogP contribution >= 0.6 is 11.8 Å². The van der Waals surface area contributed by atoms with Crippen LogP contribution in [0.1, 0.15) is 41.4 Å². The van der Waals surface area contributed by atoms with Gasteiger partial charge in [0.2, 0.25) is 0 Å². The van der Waals surface area contributed by atoms with Gasteiger partial charge in [-0.1, -0.05) is 30.3 Å². The van der Waals surface area contributed by atoms with Crippen molar-refractivity contribution < 1.29 is 27.8 Å². The number of carbonyl (C=O) groups is 1. The van der Waals surface area contributed by atoms with Gasteiger partial charge in [0, 0.05) is 10.3 Å². The molecule has 5 nitrogen and oxygen atoms in total. The highest BCUT2D eigenvalue weighted by Gasteiger charge is 2.32. The number of fused-ring (bicyclic) bond motifs is 1. The molecule has 0 saturated heterocycles. The Balaban J connectivity index is 1.72. The summed E-state index contributed by atoms with van der Waals surface area (Å²) in [7, 11) is 0. The van der Waals surface area contributed by atoms with Crippen molar-refractivity contribution >= 4 is 28.6 Å². The van der Waals surface area contributed by atoms with E-state index in [0.717, 1.165) is 33.0 Å². The van der Waals surface area contributed by atoms with Crippen LogP contribution in [0.4, 0.5) is 13.2 Å². The molecule has 3 aromatic carbocycles. The maximum atomic E-state index is 13.4. The summed E-state index contributed by atoms with van der Waals surface area (Å²) in [5, 5.41) is 16.7. The van der Waals surface area contributed by atoms with Crippen molar-refractivity contribution in [3.8, 4) is 5.75 Å². The molecule has 1 unspecified atom stereocenters. The first-order chi connectivity index (χ1) is 16.4. The topological polar surface area (TPSA) is 75.2 Å². The second-order valence-corrected chi connectivity index (χ2v) is 9.86. The van der Waals surface area contributed by atoms with E-state index in [0.29, 0.717) is 11.3 Å². The second-order valence-electron chi connectivity index (χ2n) is 8.68. The molecule has 4 aromatic rings. The number of ether oxygens (including phenoxy) is 1. The van der Waals surface area contributed by atoms with Gasteiger partial charge in [-0.25, -0.2) is 4.79 Å². The van der Waals surface area contributed by atoms with Gasteiger partial charge in [-0.05, 0) is 67.8 Å². The van der Waals surface area contributed by atoms with Crippen molar-refractivity contribution in [3.63, 3.8) is 0 Å². The van der Waals surface area contributed by atoms with E-state index in [9.17, 15) is 23.1 Å². The molecule has 1 heterocycles. The van der Waals surface area contributed by atoms with E-state index in [2.05, 4.69) is 10.2 Å². The van der Waals surface area contributed by atoms with Gasteiger partial charge in [-0.3, -0.25) is 5.10 Å². The monoisotopic (exact) mass is 500 g/mol. The molecule has 0 bridgehead atoms. The van der Waals surface area contributed by atoms with Crippen molar-refractivity contribution in [2.45, 2.75) is 42.7 Å². The number of hydrogen-bond acceptors (Lipinski definition) is 4. The molecule has 0 amide bonds. The summed E-state index contributed by atoms with van der Waals surface area (Å²) in [5.74, 6) is -0.662. The van der Waals surface area contributed by atoms with Crippen LogP contribution in [0.3, 0.4) is 0 Å². The Bertz CT molecular complexity index is 1380. The minimum Gasteiger partial charge on any atom is -0.478 e. The first-order valence-electron chi connectivity index (χ1n) is 10.7. The summed E-state index contributed by atoms with van der Waals surface area (Å²) >= 11 is 1.40. The van der Waals surface area contributed by atoms with Crippen molar-refractivity contribution in [1.29, 1.82) is 0 Å². The summed E-state index contributed by atoms with van der Waals surface area (Å²) in [5.41, 5.74) is 0.718. The first-order valence-corrected chi connectivity index (χ1v) is 11.6. The average Bonchev–Trinajstić information content (AvgIpc) is 3.26. The van der Waals surface area contributed by atoms with Gasteiger partial charge in [-0.2, -0.15) is 18.3 Å². The quantitative estimate of drug-likeness (QED) is 0.267. The molecule has 9 heteroatoms. The van der Waals surface area contributed by atoms with Crippen LogP contribution in [-0.2, 0) is 11.0 Å². The molecule has 182 valence electrons. The lowest BCUT2D eigenvalue weighted by atomic mass is 10.0. The molecular weight excluding hydrogens is 477 g/mol. The number of aryl methyl sites for hydroxylation is 1. The number of thioether (sulfide) groups is 1. The van der Waals surface area contributed by atoms with Crippen LogP contribution < -0.4 is 4.74 Å². The predicted molar refractivity (Wildman–Crippen MR) is 129 cm³/mol. The Morgan fingerprint density at radius 1 is 1.06 bits per heavy atom. The largest absolute Gasteiger partial charge is 0.478 e. The minimum absolute atomic E-state index is 0.427. The summed E-state index contributed by atoms with van der Waals surface area (Å²) in [4.78, 5) is 12.2. The molecule has 0 aliphatic carbocycles. The van der Waals surface area contributed by atoms with Gasteiger partial charge < -0.3 is 9.84 Å². The molecule has 0 aliphatic rings. The fourth-order valence-corrected chi connectivity index (χ4v) is 4.82. The standard InChI is InChI=1S/C26H23F3N2O3S/c1-15-11-20(9-10-22(15)34-25(2,3)24(32)33)35-23(16-5-4-6-19(12-16)26(27,28)29)17-7-8-18-14-30-31-21(18)13-17/h4-14,23H,1-3H3,(H,30,31)(H,32,33). The molecular formula is C26H23F3N2O3S. The van der Waals surface area contributed by atoms with Crippen molar-refractivity contribution in [2.75, 3.05) is 0 Å². The molecule has 2 N–H and O–H groups in total. The Kier molecular flexibility index (Phi) is 6.55. The molecule has 35 heavy (non-hydrogen) atoms. The summed E-state index contributed by atoms with van der Waals surface area (Å²) in [6.07, 6.45) is -2.77. The third-order valence-corrected chi connectivity index (χ3v) is 6.87. The number of nitrogens with zero attached hydrogens (tertiary/aromatic N) is 1. The van der Waals surface area contributed by atoms with E-state index in [4.69, 9.17) is 4.74 Å². The molecule has 0 fully saturated rings. The lowest BCUT2D eigenvalue weighted by Crippen LogP contribution is -2.38. The number of carboxylic acid groups (broad SMARTS) is 1. The van der Waals surface area contributed by atoms with E-state index >= 15 is 0 Å². The van der Waals surface area contributed by atoms with E-state index in [1.165, 1.54) is 37.7 Å².